The van der Waals surface area contributed by atoms with Gasteiger partial charge in [0.2, 0.25) is 11.8 Å². The first-order valence-corrected chi connectivity index (χ1v) is 5.91. The Morgan fingerprint density at radius 1 is 1.29 bits per heavy atom. The number of anilines is 1. The minimum absolute atomic E-state index is 0.156. The third-order valence-corrected chi connectivity index (χ3v) is 2.96. The fourth-order valence-electron chi connectivity index (χ4n) is 1.92. The smallest absolute Gasteiger partial charge is 0.299 e. The molecule has 10 heteroatoms. The van der Waals surface area contributed by atoms with Crippen LogP contribution in [-0.2, 0) is 9.59 Å². The van der Waals surface area contributed by atoms with Gasteiger partial charge in [0.15, 0.2) is 0 Å². The van der Waals surface area contributed by atoms with E-state index in [-0.39, 0.29) is 18.0 Å². The Labute approximate surface area is 117 Å². The van der Waals surface area contributed by atoms with Crippen LogP contribution in [0.4, 0.5) is 17.1 Å². The molecule has 1 aliphatic rings. The number of non-ortho nitro benzene ring substituents is 1. The minimum Gasteiger partial charge on any atom is -0.344 e. The summed E-state index contributed by atoms with van der Waals surface area (Å²) in [7, 11) is 0. The van der Waals surface area contributed by atoms with E-state index in [0.29, 0.717) is 6.42 Å². The van der Waals surface area contributed by atoms with E-state index in [2.05, 4.69) is 10.6 Å². The van der Waals surface area contributed by atoms with Crippen LogP contribution in [0, 0.1) is 20.2 Å². The highest BCUT2D eigenvalue weighted by atomic mass is 16.6. The van der Waals surface area contributed by atoms with Crippen molar-refractivity contribution < 1.29 is 19.4 Å². The fraction of sp³-hybridized carbons (Fsp3) is 0.273. The molecule has 1 atom stereocenters. The maximum absolute atomic E-state index is 11.9. The SMILES string of the molecule is O=C1CCC(C(=O)Nc2ccc([N+](=O)[O-])cc2[N+](=O)[O-])N1. The van der Waals surface area contributed by atoms with Crippen molar-refractivity contribution in [2.45, 2.75) is 18.9 Å². The van der Waals surface area contributed by atoms with Gasteiger partial charge < -0.3 is 10.6 Å². The molecule has 1 fully saturated rings. The first-order valence-electron chi connectivity index (χ1n) is 5.91. The largest absolute Gasteiger partial charge is 0.344 e. The summed E-state index contributed by atoms with van der Waals surface area (Å²) in [6, 6.07) is 2.15. The van der Waals surface area contributed by atoms with E-state index < -0.39 is 33.2 Å². The van der Waals surface area contributed by atoms with Gasteiger partial charge in [-0.1, -0.05) is 0 Å². The standard InChI is InChI=1S/C11H10N4O6/c16-10-4-3-8(12-10)11(17)13-7-2-1-6(14(18)19)5-9(7)15(20)21/h1-2,5,8H,3-4H2,(H,12,16)(H,13,17). The number of nitrogens with one attached hydrogen (secondary N) is 2. The second kappa shape index (κ2) is 5.53. The topological polar surface area (TPSA) is 144 Å². The highest BCUT2D eigenvalue weighted by Crippen LogP contribution is 2.29. The Bertz CT molecular complexity index is 644. The van der Waals surface area contributed by atoms with E-state index in [9.17, 15) is 29.8 Å². The maximum Gasteiger partial charge on any atom is 0.299 e. The maximum atomic E-state index is 11.9. The molecule has 10 nitrogen and oxygen atoms in total. The molecule has 0 bridgehead atoms. The third kappa shape index (κ3) is 3.11. The molecule has 0 aliphatic carbocycles. The average molecular weight is 294 g/mol. The van der Waals surface area contributed by atoms with Crippen molar-refractivity contribution in [3.63, 3.8) is 0 Å². The van der Waals surface area contributed by atoms with E-state index in [1.54, 1.807) is 0 Å². The van der Waals surface area contributed by atoms with Gasteiger partial charge in [-0.2, -0.15) is 0 Å². The van der Waals surface area contributed by atoms with Gasteiger partial charge in [-0.15, -0.1) is 0 Å². The van der Waals surface area contributed by atoms with Crippen molar-refractivity contribution in [1.29, 1.82) is 0 Å². The van der Waals surface area contributed by atoms with Crippen LogP contribution in [0.25, 0.3) is 0 Å². The second-order valence-electron chi connectivity index (χ2n) is 4.36. The summed E-state index contributed by atoms with van der Waals surface area (Å²) >= 11 is 0. The van der Waals surface area contributed by atoms with Crippen molar-refractivity contribution in [3.8, 4) is 0 Å². The van der Waals surface area contributed by atoms with Gasteiger partial charge in [-0.05, 0) is 12.5 Å². The van der Waals surface area contributed by atoms with E-state index in [1.807, 2.05) is 0 Å². The molecule has 1 saturated heterocycles. The number of nitrogens with zero attached hydrogens (tertiary/aromatic N) is 2. The molecule has 1 aliphatic heterocycles. The molecule has 2 rings (SSSR count). The van der Waals surface area contributed by atoms with Crippen LogP contribution in [0.15, 0.2) is 18.2 Å². The number of carbonyl (C=O) groups is 2. The number of hydrogen-bond acceptors (Lipinski definition) is 6. The summed E-state index contributed by atoms with van der Waals surface area (Å²) in [5.74, 6) is -0.869. The summed E-state index contributed by atoms with van der Waals surface area (Å²) in [5, 5.41) is 26.2. The average Bonchev–Trinajstić information content (AvgIpc) is 2.85. The molecule has 0 spiro atoms. The number of benzene rings is 1. The fourth-order valence-corrected chi connectivity index (χ4v) is 1.92. The summed E-state index contributed by atoms with van der Waals surface area (Å²) in [4.78, 5) is 42.8. The molecule has 1 aromatic carbocycles. The molecule has 2 N–H and O–H groups in total. The van der Waals surface area contributed by atoms with Gasteiger partial charge in [-0.3, -0.25) is 29.8 Å². The van der Waals surface area contributed by atoms with Gasteiger partial charge in [-0.25, -0.2) is 0 Å². The molecule has 0 radical (unpaired) electrons. The number of hydrogen-bond donors (Lipinski definition) is 2. The Balaban J connectivity index is 2.23. The van der Waals surface area contributed by atoms with Gasteiger partial charge in [0, 0.05) is 12.5 Å². The van der Waals surface area contributed by atoms with Crippen LogP contribution in [0.2, 0.25) is 0 Å². The normalized spacial score (nSPS) is 17.1. The van der Waals surface area contributed by atoms with Gasteiger partial charge in [0.05, 0.1) is 15.9 Å². The summed E-state index contributed by atoms with van der Waals surface area (Å²) in [5.41, 5.74) is -1.19. The highest BCUT2D eigenvalue weighted by Gasteiger charge is 2.29. The van der Waals surface area contributed by atoms with Crippen molar-refractivity contribution in [3.05, 3.63) is 38.4 Å². The molecule has 0 aromatic heterocycles. The zero-order chi connectivity index (χ0) is 15.6. The van der Waals surface area contributed by atoms with E-state index in [1.165, 1.54) is 0 Å². The molecule has 1 aromatic rings. The molecular weight excluding hydrogens is 284 g/mol. The Morgan fingerprint density at radius 3 is 2.52 bits per heavy atom. The summed E-state index contributed by atoms with van der Waals surface area (Å²) in [6.07, 6.45) is 0.506. The van der Waals surface area contributed by atoms with E-state index in [4.69, 9.17) is 0 Å². The summed E-state index contributed by atoms with van der Waals surface area (Å²) < 4.78 is 0. The van der Waals surface area contributed by atoms with Gasteiger partial charge in [0.25, 0.3) is 11.4 Å². The van der Waals surface area contributed by atoms with Crippen LogP contribution >= 0.6 is 0 Å². The van der Waals surface area contributed by atoms with Crippen LogP contribution in [0.3, 0.4) is 0 Å². The lowest BCUT2D eigenvalue weighted by atomic mass is 10.2. The van der Waals surface area contributed by atoms with Crippen molar-refractivity contribution in [2.24, 2.45) is 0 Å². The van der Waals surface area contributed by atoms with Crippen LogP contribution in [0.5, 0.6) is 0 Å². The minimum atomic E-state index is -0.824. The zero-order valence-corrected chi connectivity index (χ0v) is 10.6. The quantitative estimate of drug-likeness (QED) is 0.618. The van der Waals surface area contributed by atoms with E-state index in [0.717, 1.165) is 18.2 Å². The van der Waals surface area contributed by atoms with E-state index >= 15 is 0 Å². The molecule has 21 heavy (non-hydrogen) atoms. The Kier molecular flexibility index (Phi) is 3.78. The molecule has 0 saturated carbocycles. The number of carbonyl (C=O) groups excluding carboxylic acids is 2. The van der Waals surface area contributed by atoms with Gasteiger partial charge >= 0.3 is 0 Å². The second-order valence-corrected chi connectivity index (χ2v) is 4.36. The number of nitro benzene ring substituents is 2. The van der Waals surface area contributed by atoms with Crippen LogP contribution < -0.4 is 10.6 Å². The lowest BCUT2D eigenvalue weighted by molar-refractivity contribution is -0.393. The summed E-state index contributed by atoms with van der Waals surface area (Å²) in [6.45, 7) is 0. The molecular formula is C11H10N4O6. The molecule has 1 unspecified atom stereocenters. The molecule has 2 amide bonds. The number of rotatable bonds is 4. The van der Waals surface area contributed by atoms with Crippen molar-refractivity contribution in [2.75, 3.05) is 5.32 Å². The van der Waals surface area contributed by atoms with Crippen molar-refractivity contribution >= 4 is 28.9 Å². The first-order chi connectivity index (χ1) is 9.88. The zero-order valence-electron chi connectivity index (χ0n) is 10.6. The predicted molar refractivity (Wildman–Crippen MR) is 69.5 cm³/mol. The molecule has 110 valence electrons. The molecule has 1 heterocycles. The van der Waals surface area contributed by atoms with Crippen LogP contribution in [-0.4, -0.2) is 27.7 Å². The van der Waals surface area contributed by atoms with Gasteiger partial charge in [0.1, 0.15) is 11.7 Å². The highest BCUT2D eigenvalue weighted by molar-refractivity contribution is 6.00. The lowest BCUT2D eigenvalue weighted by Crippen LogP contribution is -2.37. The lowest BCUT2D eigenvalue weighted by Gasteiger charge is -2.10. The van der Waals surface area contributed by atoms with Crippen LogP contribution in [0.1, 0.15) is 12.8 Å². The first kappa shape index (κ1) is 14.4. The monoisotopic (exact) mass is 294 g/mol. The Morgan fingerprint density at radius 2 is 2.00 bits per heavy atom. The Hall–Kier alpha value is -3.04. The number of amides is 2. The predicted octanol–water partition coefficient (Wildman–Crippen LogP) is 0.720. The third-order valence-electron chi connectivity index (χ3n) is 2.96. The van der Waals surface area contributed by atoms with Crippen molar-refractivity contribution in [1.82, 2.24) is 5.32 Å². The number of nitro groups is 2.